The van der Waals surface area contributed by atoms with Crippen molar-refractivity contribution in [3.63, 3.8) is 0 Å². The van der Waals surface area contributed by atoms with Gasteiger partial charge in [-0.25, -0.2) is 9.97 Å². The van der Waals surface area contributed by atoms with Crippen LogP contribution >= 0.6 is 34.4 Å². The van der Waals surface area contributed by atoms with Crippen molar-refractivity contribution in [2.75, 3.05) is 18.5 Å². The Labute approximate surface area is 117 Å². The van der Waals surface area contributed by atoms with Crippen molar-refractivity contribution in [2.24, 2.45) is 0 Å². The topological polar surface area (TPSA) is 80.9 Å². The molecule has 0 bridgehead atoms. The zero-order valence-electron chi connectivity index (χ0n) is 9.67. The Hall–Kier alpha value is -1.12. The molecule has 0 saturated carbocycles. The number of carbonyl (C=O) groups is 1. The average molecular weight is 300 g/mol. The second-order valence-electron chi connectivity index (χ2n) is 3.39. The van der Waals surface area contributed by atoms with Crippen LogP contribution in [0.2, 0.25) is 0 Å². The lowest BCUT2D eigenvalue weighted by molar-refractivity contribution is 0.0949. The zero-order chi connectivity index (χ0) is 13.0. The minimum absolute atomic E-state index is 0.144. The van der Waals surface area contributed by atoms with Gasteiger partial charge < -0.3 is 11.1 Å². The molecular formula is C10H12N4OS3. The van der Waals surface area contributed by atoms with Crippen LogP contribution in [-0.4, -0.2) is 28.7 Å². The van der Waals surface area contributed by atoms with Gasteiger partial charge in [-0.3, -0.25) is 4.79 Å². The second-order valence-corrected chi connectivity index (χ2v) is 6.19. The van der Waals surface area contributed by atoms with Gasteiger partial charge in [-0.1, -0.05) is 11.8 Å². The molecule has 0 fully saturated rings. The quantitative estimate of drug-likeness (QED) is 0.824. The third-order valence-electron chi connectivity index (χ3n) is 2.13. The largest absolute Gasteiger partial charge is 0.375 e. The molecule has 0 unspecified atom stereocenters. The highest BCUT2D eigenvalue weighted by atomic mass is 32.2. The summed E-state index contributed by atoms with van der Waals surface area (Å²) in [5.74, 6) is -0.144. The first-order chi connectivity index (χ1) is 8.69. The van der Waals surface area contributed by atoms with Crippen LogP contribution in [0.15, 0.2) is 15.1 Å². The number of nitrogens with zero attached hydrogens (tertiary/aromatic N) is 2. The summed E-state index contributed by atoms with van der Waals surface area (Å²) in [6.07, 6.45) is 2.62. The first-order valence-electron chi connectivity index (χ1n) is 5.16. The summed E-state index contributed by atoms with van der Waals surface area (Å²) in [6.45, 7) is 0.536. The van der Waals surface area contributed by atoms with E-state index in [2.05, 4.69) is 15.3 Å². The van der Waals surface area contributed by atoms with Crippen molar-refractivity contribution in [1.82, 2.24) is 15.3 Å². The molecule has 2 aromatic rings. The Morgan fingerprint density at radius 2 is 2.28 bits per heavy atom. The number of nitrogens with two attached hydrogens (primary N) is 1. The van der Waals surface area contributed by atoms with Crippen molar-refractivity contribution < 1.29 is 4.79 Å². The first kappa shape index (κ1) is 13.3. The lowest BCUT2D eigenvalue weighted by Gasteiger charge is -2.00. The molecule has 0 radical (unpaired) electrons. The molecule has 0 aliphatic rings. The van der Waals surface area contributed by atoms with E-state index in [1.807, 2.05) is 11.6 Å². The minimum atomic E-state index is -0.144. The van der Waals surface area contributed by atoms with E-state index in [0.29, 0.717) is 23.8 Å². The van der Waals surface area contributed by atoms with Crippen molar-refractivity contribution in [3.05, 3.63) is 22.1 Å². The number of carbonyl (C=O) groups excluding carboxylic acids is 1. The fraction of sp³-hybridized carbons (Fsp3) is 0.300. The molecule has 0 saturated heterocycles. The summed E-state index contributed by atoms with van der Waals surface area (Å²) in [5.41, 5.74) is 6.91. The van der Waals surface area contributed by atoms with Crippen LogP contribution in [0.1, 0.15) is 16.2 Å². The molecule has 1 amide bonds. The SMILES string of the molecule is CSc1nc(C(=O)NCCc2csc(N)n2)cs1. The maximum absolute atomic E-state index is 11.8. The fourth-order valence-electron chi connectivity index (χ4n) is 1.29. The summed E-state index contributed by atoms with van der Waals surface area (Å²) in [7, 11) is 0. The summed E-state index contributed by atoms with van der Waals surface area (Å²) < 4.78 is 0.896. The predicted molar refractivity (Wildman–Crippen MR) is 76.5 cm³/mol. The van der Waals surface area contributed by atoms with Gasteiger partial charge in [0.1, 0.15) is 10.0 Å². The molecule has 0 aromatic carbocycles. The molecule has 18 heavy (non-hydrogen) atoms. The number of nitrogen functional groups attached to an aromatic ring is 1. The van der Waals surface area contributed by atoms with Crippen LogP contribution in [0, 0.1) is 0 Å². The number of anilines is 1. The monoisotopic (exact) mass is 300 g/mol. The Balaban J connectivity index is 1.81. The number of nitrogens with one attached hydrogen (secondary N) is 1. The van der Waals surface area contributed by atoms with Gasteiger partial charge >= 0.3 is 0 Å². The molecule has 2 rings (SSSR count). The summed E-state index contributed by atoms with van der Waals surface area (Å²) in [4.78, 5) is 20.1. The van der Waals surface area contributed by atoms with Crippen molar-refractivity contribution >= 4 is 45.5 Å². The first-order valence-corrected chi connectivity index (χ1v) is 8.15. The highest BCUT2D eigenvalue weighted by Gasteiger charge is 2.09. The van der Waals surface area contributed by atoms with E-state index in [4.69, 9.17) is 5.73 Å². The van der Waals surface area contributed by atoms with Crippen LogP contribution in [0.25, 0.3) is 0 Å². The van der Waals surface area contributed by atoms with Gasteiger partial charge in [-0.2, -0.15) is 0 Å². The average Bonchev–Trinajstić information content (AvgIpc) is 2.98. The number of aromatic nitrogens is 2. The molecule has 8 heteroatoms. The van der Waals surface area contributed by atoms with E-state index in [-0.39, 0.29) is 5.91 Å². The number of hydrogen-bond acceptors (Lipinski definition) is 7. The molecule has 2 heterocycles. The van der Waals surface area contributed by atoms with Gasteiger partial charge in [0, 0.05) is 23.7 Å². The number of amides is 1. The van der Waals surface area contributed by atoms with Crippen LogP contribution in [-0.2, 0) is 6.42 Å². The van der Waals surface area contributed by atoms with E-state index >= 15 is 0 Å². The highest BCUT2D eigenvalue weighted by Crippen LogP contribution is 2.19. The number of rotatable bonds is 5. The van der Waals surface area contributed by atoms with Gasteiger partial charge in [0.2, 0.25) is 0 Å². The van der Waals surface area contributed by atoms with Gasteiger partial charge in [0.15, 0.2) is 5.13 Å². The molecule has 0 aliphatic heterocycles. The Morgan fingerprint density at radius 1 is 1.44 bits per heavy atom. The molecule has 5 nitrogen and oxygen atoms in total. The van der Waals surface area contributed by atoms with Crippen LogP contribution in [0.3, 0.4) is 0 Å². The Morgan fingerprint density at radius 3 is 2.89 bits per heavy atom. The van der Waals surface area contributed by atoms with Crippen LogP contribution < -0.4 is 11.1 Å². The lowest BCUT2D eigenvalue weighted by atomic mass is 10.3. The maximum Gasteiger partial charge on any atom is 0.270 e. The van der Waals surface area contributed by atoms with Crippen LogP contribution in [0.4, 0.5) is 5.13 Å². The van der Waals surface area contributed by atoms with E-state index < -0.39 is 0 Å². The normalized spacial score (nSPS) is 10.5. The molecular weight excluding hydrogens is 288 g/mol. The maximum atomic E-state index is 11.8. The van der Waals surface area contributed by atoms with Gasteiger partial charge in [0.25, 0.3) is 5.91 Å². The van der Waals surface area contributed by atoms with E-state index in [0.717, 1.165) is 10.0 Å². The fourth-order valence-corrected chi connectivity index (χ4v) is 3.13. The predicted octanol–water partition coefficient (Wildman–Crippen LogP) is 1.88. The van der Waals surface area contributed by atoms with Gasteiger partial charge in [-0.05, 0) is 6.26 Å². The minimum Gasteiger partial charge on any atom is -0.375 e. The van der Waals surface area contributed by atoms with Crippen molar-refractivity contribution in [1.29, 1.82) is 0 Å². The molecule has 0 atom stereocenters. The molecule has 96 valence electrons. The summed E-state index contributed by atoms with van der Waals surface area (Å²) in [6, 6.07) is 0. The smallest absolute Gasteiger partial charge is 0.270 e. The van der Waals surface area contributed by atoms with Crippen molar-refractivity contribution in [2.45, 2.75) is 10.8 Å². The molecule has 3 N–H and O–H groups in total. The molecule has 0 aliphatic carbocycles. The Kier molecular flexibility index (Phi) is 4.56. The highest BCUT2D eigenvalue weighted by molar-refractivity contribution is 8.00. The van der Waals surface area contributed by atoms with Crippen LogP contribution in [0.5, 0.6) is 0 Å². The molecule has 2 aromatic heterocycles. The summed E-state index contributed by atoms with van der Waals surface area (Å²) in [5, 5.41) is 7.03. The zero-order valence-corrected chi connectivity index (χ0v) is 12.1. The van der Waals surface area contributed by atoms with Gasteiger partial charge in [0.05, 0.1) is 5.69 Å². The number of hydrogen-bond donors (Lipinski definition) is 2. The van der Waals surface area contributed by atoms with E-state index in [1.165, 1.54) is 34.4 Å². The second kappa shape index (κ2) is 6.17. The number of thioether (sulfide) groups is 1. The van der Waals surface area contributed by atoms with Gasteiger partial charge in [-0.15, -0.1) is 22.7 Å². The lowest BCUT2D eigenvalue weighted by Crippen LogP contribution is -2.26. The van der Waals surface area contributed by atoms with Crippen molar-refractivity contribution in [3.8, 4) is 0 Å². The third kappa shape index (κ3) is 3.44. The standard InChI is InChI=1S/C10H12N4OS3/c1-16-10-14-7(5-18-10)8(15)12-3-2-6-4-17-9(11)13-6/h4-5H,2-3H2,1H3,(H2,11,13)(H,12,15). The number of thiazole rings is 2. The van der Waals surface area contributed by atoms with E-state index in [1.54, 1.807) is 5.38 Å². The Bertz CT molecular complexity index is 537. The third-order valence-corrected chi connectivity index (χ3v) is 4.71. The molecule has 0 spiro atoms. The summed E-state index contributed by atoms with van der Waals surface area (Å²) >= 11 is 4.42. The van der Waals surface area contributed by atoms with E-state index in [9.17, 15) is 4.79 Å².